The molecule has 27 nitrogen and oxygen atoms in total. The van der Waals surface area contributed by atoms with E-state index in [9.17, 15) is 39.5 Å². The maximum atomic E-state index is 14.7. The van der Waals surface area contributed by atoms with E-state index in [0.717, 1.165) is 0 Å². The van der Waals surface area contributed by atoms with Crippen molar-refractivity contribution in [3.63, 3.8) is 0 Å². The molecule has 2 aromatic heterocycles. The molecular weight excluding hydrogens is 1300 g/mol. The van der Waals surface area contributed by atoms with Crippen LogP contribution in [0.15, 0.2) is 151 Å². The van der Waals surface area contributed by atoms with E-state index in [0.29, 0.717) is 28.2 Å². The first kappa shape index (κ1) is 73.4. The van der Waals surface area contributed by atoms with Crippen LogP contribution in [0.1, 0.15) is 104 Å². The van der Waals surface area contributed by atoms with Gasteiger partial charge in [-0.2, -0.15) is 20.8 Å². The molecule has 0 aliphatic carbocycles. The number of H-pyrrole nitrogens is 1. The molecule has 98 heavy (non-hydrogen) atoms. The van der Waals surface area contributed by atoms with Crippen LogP contribution in [-0.2, 0) is 66.0 Å². The molecule has 1 amide bonds. The average Bonchev–Trinajstić information content (AvgIpc) is 1.40. The van der Waals surface area contributed by atoms with Crippen molar-refractivity contribution in [1.82, 2.24) is 24.2 Å². The minimum Gasteiger partial charge on any atom is -0.497 e. The number of carbonyl (C=O) groups is 3. The van der Waals surface area contributed by atoms with Crippen molar-refractivity contribution >= 4 is 51.3 Å². The summed E-state index contributed by atoms with van der Waals surface area (Å²) in [6.07, 6.45) is -12.1. The van der Waals surface area contributed by atoms with E-state index in [4.69, 9.17) is 65.5 Å². The summed E-state index contributed by atoms with van der Waals surface area (Å²) < 4.78 is 102. The van der Waals surface area contributed by atoms with Gasteiger partial charge in [0.05, 0.1) is 102 Å². The molecule has 7 aromatic rings. The summed E-state index contributed by atoms with van der Waals surface area (Å²) in [7, 11) is -3.86. The number of hydrogen-bond acceptors (Lipinski definition) is 24. The van der Waals surface area contributed by atoms with Crippen LogP contribution in [0.4, 0.5) is 5.95 Å². The molecule has 2 saturated heterocycles. The number of ether oxygens (including phenoxy) is 8. The fourth-order valence-corrected chi connectivity index (χ4v) is 14.0. The highest BCUT2D eigenvalue weighted by atomic mass is 31.2. The smallest absolute Gasteiger partial charge is 0.474 e. The van der Waals surface area contributed by atoms with Crippen molar-refractivity contribution in [2.45, 2.75) is 128 Å². The highest BCUT2D eigenvalue weighted by Crippen LogP contribution is 2.54. The van der Waals surface area contributed by atoms with Gasteiger partial charge in [0.2, 0.25) is 11.9 Å². The number of esters is 2. The van der Waals surface area contributed by atoms with E-state index in [-0.39, 0.29) is 72.8 Å². The third-order valence-electron chi connectivity index (χ3n) is 15.7. The number of nitrogens with one attached hydrogen (secondary N) is 2. The summed E-state index contributed by atoms with van der Waals surface area (Å²) in [6, 6.07) is 45.4. The summed E-state index contributed by atoms with van der Waals surface area (Å²) in [5.41, 5.74) is -0.482. The molecule has 5 aromatic carbocycles. The Bertz CT molecular complexity index is 3940. The van der Waals surface area contributed by atoms with Crippen molar-refractivity contribution in [2.24, 2.45) is 5.92 Å². The lowest BCUT2D eigenvalue weighted by Crippen LogP contribution is -2.46. The lowest BCUT2D eigenvalue weighted by Gasteiger charge is -2.39. The van der Waals surface area contributed by atoms with Gasteiger partial charge in [-0.05, 0) is 92.9 Å². The first-order chi connectivity index (χ1) is 47.3. The third-order valence-corrected chi connectivity index (χ3v) is 19.2. The highest BCUT2D eigenvalue weighted by molar-refractivity contribution is 7.48. The standard InChI is InChI=1S/C69H77N9O18P2/c1-44(2)62(79)75-68-74-61-56(63(80)76-68)73-43-77(61)64-59(95-67-60(94-66(82)48-23-14-10-15-24-48)57(93-65(81)47-21-12-9-13-22-47)55(92-67)42-90-98(83,88-39-19-36-71)89-40-20-37-72)58(96-97(87-38-18-35-70)78(45(3)4)46(5)6)54(91-64)41-86-69(49-25-16-11-17-26-49,50-27-31-52(84-7)32-28-50)51-29-33-53(85-8)34-30-51/h9-17,21-34,43-46,54-55,57-60,64,67H,18-20,38-42H2,1-8H3,(H2,74,75,76,79,80)/t54-,55-,57-,58-,59-,60-,64-,67+,97?/m1/s1. The second-order valence-corrected chi connectivity index (χ2v) is 26.3. The molecule has 2 fully saturated rings. The molecule has 2 aliphatic rings. The normalized spacial score (nSPS) is 19.6. The summed E-state index contributed by atoms with van der Waals surface area (Å²) in [6.45, 7) is 8.98. The van der Waals surface area contributed by atoms with Crippen LogP contribution in [-0.4, -0.2) is 144 Å². The van der Waals surface area contributed by atoms with Gasteiger partial charge in [-0.25, -0.2) is 23.8 Å². The van der Waals surface area contributed by atoms with E-state index in [1.54, 1.807) is 88.7 Å². The summed E-state index contributed by atoms with van der Waals surface area (Å²) in [4.78, 5) is 68.6. The third kappa shape index (κ3) is 17.7. The Labute approximate surface area is 568 Å². The lowest BCUT2D eigenvalue weighted by molar-refractivity contribution is -0.218. The maximum Gasteiger partial charge on any atom is 0.474 e. The Morgan fingerprint density at radius 2 is 1.17 bits per heavy atom. The molecule has 0 saturated carbocycles. The number of benzene rings is 5. The maximum absolute atomic E-state index is 14.7. The van der Waals surface area contributed by atoms with Crippen LogP contribution >= 0.6 is 16.3 Å². The number of nitrogens with zero attached hydrogens (tertiary/aromatic N) is 7. The van der Waals surface area contributed by atoms with Crippen molar-refractivity contribution in [3.05, 3.63) is 184 Å². The molecule has 0 spiro atoms. The first-order valence-corrected chi connectivity index (χ1v) is 34.2. The second kappa shape index (κ2) is 34.6. The minimum absolute atomic E-state index is 0.0424. The van der Waals surface area contributed by atoms with Gasteiger partial charge < -0.3 is 46.9 Å². The van der Waals surface area contributed by atoms with E-state index in [1.165, 1.54) is 35.2 Å². The van der Waals surface area contributed by atoms with Crippen LogP contribution in [0.3, 0.4) is 0 Å². The van der Waals surface area contributed by atoms with Gasteiger partial charge in [0.15, 0.2) is 35.9 Å². The number of methoxy groups -OCH3 is 2. The lowest BCUT2D eigenvalue weighted by atomic mass is 9.80. The molecule has 9 atom stereocenters. The van der Waals surface area contributed by atoms with E-state index in [2.05, 4.69) is 21.4 Å². The number of hydrogen-bond donors (Lipinski definition) is 2. The van der Waals surface area contributed by atoms with Crippen LogP contribution in [0.25, 0.3) is 11.2 Å². The Kier molecular flexibility index (Phi) is 25.9. The zero-order valence-corrected chi connectivity index (χ0v) is 57.0. The number of aromatic nitrogens is 4. The zero-order chi connectivity index (χ0) is 69.9. The van der Waals surface area contributed by atoms with Gasteiger partial charge in [-0.15, -0.1) is 0 Å². The number of phosphoric acid groups is 1. The van der Waals surface area contributed by atoms with E-state index in [1.807, 2.05) is 99.1 Å². The predicted molar refractivity (Wildman–Crippen MR) is 355 cm³/mol. The number of phosphoric ester groups is 1. The number of imidazole rings is 1. The van der Waals surface area contributed by atoms with Crippen LogP contribution in [0.2, 0.25) is 0 Å². The number of carbonyl (C=O) groups excluding carboxylic acids is 3. The van der Waals surface area contributed by atoms with Crippen molar-refractivity contribution in [3.8, 4) is 29.7 Å². The number of anilines is 1. The van der Waals surface area contributed by atoms with Crippen molar-refractivity contribution in [2.75, 3.05) is 52.6 Å². The van der Waals surface area contributed by atoms with Crippen LogP contribution in [0.5, 0.6) is 11.5 Å². The molecule has 29 heteroatoms. The van der Waals surface area contributed by atoms with Crippen molar-refractivity contribution in [1.29, 1.82) is 15.8 Å². The predicted octanol–water partition coefficient (Wildman–Crippen LogP) is 10.8. The Hall–Kier alpha value is -8.81. The number of aromatic amines is 1. The van der Waals surface area contributed by atoms with E-state index >= 15 is 0 Å². The van der Waals surface area contributed by atoms with Crippen molar-refractivity contribution < 1.29 is 79.5 Å². The SMILES string of the molecule is COc1ccc(C(OC[C@H]2O[C@@H](n3cnc4c(=O)[nH]c(NC(=O)C(C)C)nc43)[C@H](O[C@@H]3O[C@H](COP(=O)(OCCC#N)OCCC#N)[C@@H](OC(=O)c4ccccc4)[C@H]3OC(=O)c3ccccc3)[C@@H]2OP(OCCC#N)N(C(C)C)C(C)C)(c2ccccc2)c2ccc(OC)cc2)cc1. The number of amides is 1. The summed E-state index contributed by atoms with van der Waals surface area (Å²) >= 11 is 0. The zero-order valence-electron chi connectivity index (χ0n) is 55.2. The van der Waals surface area contributed by atoms with E-state index < -0.39 is 120 Å². The Morgan fingerprint density at radius 1 is 0.663 bits per heavy atom. The molecule has 0 bridgehead atoms. The van der Waals surface area contributed by atoms with Gasteiger partial charge in [0.25, 0.3) is 14.1 Å². The Morgan fingerprint density at radius 3 is 1.69 bits per heavy atom. The molecule has 516 valence electrons. The molecule has 9 rings (SSSR count). The Balaban J connectivity index is 1.27. The molecule has 2 N–H and O–H groups in total. The number of nitriles is 3. The van der Waals surface area contributed by atoms with Gasteiger partial charge in [0.1, 0.15) is 41.5 Å². The minimum atomic E-state index is -4.70. The topological polar surface area (TPSA) is 338 Å². The first-order valence-electron chi connectivity index (χ1n) is 31.6. The van der Waals surface area contributed by atoms with Crippen LogP contribution in [0, 0.1) is 39.9 Å². The largest absolute Gasteiger partial charge is 0.497 e. The average molecular weight is 1380 g/mol. The second-order valence-electron chi connectivity index (χ2n) is 23.2. The van der Waals surface area contributed by atoms with Gasteiger partial charge in [-0.1, -0.05) is 105 Å². The molecule has 1 unspecified atom stereocenters. The summed E-state index contributed by atoms with van der Waals surface area (Å²) in [5.74, 6) is -2.00. The summed E-state index contributed by atoms with van der Waals surface area (Å²) in [5, 5.41) is 31.4. The molecule has 4 heterocycles. The quantitative estimate of drug-likeness (QED) is 0.0164. The highest BCUT2D eigenvalue weighted by Gasteiger charge is 2.58. The van der Waals surface area contributed by atoms with Gasteiger partial charge >= 0.3 is 19.8 Å². The fourth-order valence-electron chi connectivity index (χ4n) is 11.0. The fraction of sp³-hybridized carbons (Fsp3) is 0.406. The van der Waals surface area contributed by atoms with Gasteiger partial charge in [-0.3, -0.25) is 38.0 Å². The molecule has 2 aliphatic heterocycles. The van der Waals surface area contributed by atoms with Crippen LogP contribution < -0.4 is 20.3 Å². The number of fused-ring (bicyclic) bond motifs is 1. The number of rotatable bonds is 34. The molecule has 0 radical (unpaired) electrons. The monoisotopic (exact) mass is 1380 g/mol. The molecular formula is C69H77N9O18P2. The van der Waals surface area contributed by atoms with Gasteiger partial charge in [0, 0.05) is 18.0 Å².